The molecule has 1 aliphatic heterocycles. The van der Waals surface area contributed by atoms with Crippen LogP contribution in [-0.2, 0) is 19.0 Å². The quantitative estimate of drug-likeness (QED) is 0.416. The number of esters is 1. The van der Waals surface area contributed by atoms with Gasteiger partial charge in [0.2, 0.25) is 0 Å². The molecule has 1 fully saturated rings. The Labute approximate surface area is 110 Å². The van der Waals surface area contributed by atoms with Crippen LogP contribution in [0.2, 0.25) is 0 Å². The molecule has 4 N–H and O–H groups in total. The minimum absolute atomic E-state index is 0.182. The molecule has 1 saturated heterocycles. The van der Waals surface area contributed by atoms with E-state index in [1.165, 1.54) is 6.92 Å². The van der Waals surface area contributed by atoms with Crippen molar-refractivity contribution in [1.82, 2.24) is 0 Å². The Kier molecular flexibility index (Phi) is 6.11. The maximum Gasteiger partial charge on any atom is 0.335 e. The third kappa shape index (κ3) is 3.85. The molecule has 19 heavy (non-hydrogen) atoms. The molecule has 0 radical (unpaired) electrons. The Morgan fingerprint density at radius 3 is 2.42 bits per heavy atom. The standard InChI is InChI=1S/C11H20O8/c1-3-17-10(16)5(2)18-11-9(15)8(14)7(13)6(4-12)19-11/h5-9,11-15H,3-4H2,1-2H3/t5?,6?,7-,8?,9?,11+/m1/s1. The summed E-state index contributed by atoms with van der Waals surface area (Å²) in [6.45, 7) is 2.66. The minimum atomic E-state index is -1.54. The lowest BCUT2D eigenvalue weighted by molar-refractivity contribution is -0.308. The van der Waals surface area contributed by atoms with Gasteiger partial charge in [-0.3, -0.25) is 0 Å². The first-order chi connectivity index (χ1) is 8.92. The molecule has 112 valence electrons. The molecule has 0 saturated carbocycles. The van der Waals surface area contributed by atoms with Crippen LogP contribution < -0.4 is 0 Å². The van der Waals surface area contributed by atoms with Crippen molar-refractivity contribution < 1.29 is 39.4 Å². The number of aliphatic hydroxyl groups excluding tert-OH is 4. The second kappa shape index (κ2) is 7.13. The molecule has 0 spiro atoms. The predicted molar refractivity (Wildman–Crippen MR) is 60.9 cm³/mol. The van der Waals surface area contributed by atoms with Gasteiger partial charge < -0.3 is 34.6 Å². The van der Waals surface area contributed by atoms with E-state index < -0.39 is 49.4 Å². The molecule has 0 aliphatic carbocycles. The molecule has 8 heteroatoms. The highest BCUT2D eigenvalue weighted by molar-refractivity contribution is 5.74. The lowest BCUT2D eigenvalue weighted by atomic mass is 9.99. The number of hydrogen-bond donors (Lipinski definition) is 4. The summed E-state index contributed by atoms with van der Waals surface area (Å²) >= 11 is 0. The van der Waals surface area contributed by atoms with Crippen molar-refractivity contribution in [3.8, 4) is 0 Å². The average Bonchev–Trinajstić information content (AvgIpc) is 2.39. The van der Waals surface area contributed by atoms with Crippen molar-refractivity contribution in [3.63, 3.8) is 0 Å². The molecule has 0 bridgehead atoms. The molecule has 8 nitrogen and oxygen atoms in total. The van der Waals surface area contributed by atoms with Crippen LogP contribution in [0.5, 0.6) is 0 Å². The molecule has 6 atom stereocenters. The van der Waals surface area contributed by atoms with Gasteiger partial charge in [0.15, 0.2) is 12.4 Å². The van der Waals surface area contributed by atoms with E-state index in [0.29, 0.717) is 0 Å². The van der Waals surface area contributed by atoms with Crippen LogP contribution in [0.15, 0.2) is 0 Å². The lowest BCUT2D eigenvalue weighted by Gasteiger charge is -2.40. The van der Waals surface area contributed by atoms with E-state index in [2.05, 4.69) is 0 Å². The smallest absolute Gasteiger partial charge is 0.335 e. The minimum Gasteiger partial charge on any atom is -0.464 e. The molecule has 1 rings (SSSR count). The fraction of sp³-hybridized carbons (Fsp3) is 0.909. The summed E-state index contributed by atoms with van der Waals surface area (Å²) in [4.78, 5) is 11.4. The number of ether oxygens (including phenoxy) is 3. The lowest BCUT2D eigenvalue weighted by Crippen LogP contribution is -2.59. The zero-order valence-electron chi connectivity index (χ0n) is 10.8. The van der Waals surface area contributed by atoms with Gasteiger partial charge in [0.1, 0.15) is 24.4 Å². The summed E-state index contributed by atoms with van der Waals surface area (Å²) in [5, 5.41) is 37.8. The first kappa shape index (κ1) is 16.3. The first-order valence-corrected chi connectivity index (χ1v) is 6.05. The molecular weight excluding hydrogens is 260 g/mol. The van der Waals surface area contributed by atoms with Gasteiger partial charge in [0, 0.05) is 0 Å². The molecule has 4 unspecified atom stereocenters. The maximum absolute atomic E-state index is 11.4. The van der Waals surface area contributed by atoms with E-state index in [4.69, 9.17) is 19.3 Å². The van der Waals surface area contributed by atoms with Crippen LogP contribution in [0.3, 0.4) is 0 Å². The Morgan fingerprint density at radius 2 is 1.89 bits per heavy atom. The van der Waals surface area contributed by atoms with Crippen LogP contribution in [0.4, 0.5) is 0 Å². The van der Waals surface area contributed by atoms with Crippen LogP contribution in [-0.4, -0.2) is 76.4 Å². The highest BCUT2D eigenvalue weighted by Gasteiger charge is 2.45. The summed E-state index contributed by atoms with van der Waals surface area (Å²) in [5.74, 6) is -0.639. The van der Waals surface area contributed by atoms with Gasteiger partial charge in [-0.25, -0.2) is 4.79 Å². The number of carbonyl (C=O) groups excluding carboxylic acids is 1. The summed E-state index contributed by atoms with van der Waals surface area (Å²) in [6.07, 6.45) is -7.95. The first-order valence-electron chi connectivity index (χ1n) is 6.05. The Bertz CT molecular complexity index is 294. The Morgan fingerprint density at radius 1 is 1.26 bits per heavy atom. The molecule has 1 aliphatic rings. The summed E-state index contributed by atoms with van der Waals surface area (Å²) in [7, 11) is 0. The van der Waals surface area contributed by atoms with Crippen LogP contribution >= 0.6 is 0 Å². The van der Waals surface area contributed by atoms with E-state index in [9.17, 15) is 20.1 Å². The molecule has 0 aromatic rings. The van der Waals surface area contributed by atoms with Crippen LogP contribution in [0.25, 0.3) is 0 Å². The summed E-state index contributed by atoms with van der Waals surface area (Å²) in [6, 6.07) is 0. The summed E-state index contributed by atoms with van der Waals surface area (Å²) < 4.78 is 14.9. The molecule has 1 heterocycles. The monoisotopic (exact) mass is 280 g/mol. The van der Waals surface area contributed by atoms with Crippen molar-refractivity contribution >= 4 is 5.97 Å². The van der Waals surface area contributed by atoms with Gasteiger partial charge >= 0.3 is 5.97 Å². The Hall–Kier alpha value is -0.770. The number of rotatable bonds is 5. The van der Waals surface area contributed by atoms with Crippen molar-refractivity contribution in [2.24, 2.45) is 0 Å². The zero-order chi connectivity index (χ0) is 14.6. The number of hydrogen-bond acceptors (Lipinski definition) is 8. The van der Waals surface area contributed by atoms with Crippen molar-refractivity contribution in [3.05, 3.63) is 0 Å². The third-order valence-corrected chi connectivity index (χ3v) is 2.81. The van der Waals surface area contributed by atoms with Crippen molar-refractivity contribution in [2.75, 3.05) is 13.2 Å². The van der Waals surface area contributed by atoms with E-state index in [0.717, 1.165) is 0 Å². The predicted octanol–water partition coefficient (Wildman–Crippen LogP) is -2.25. The third-order valence-electron chi connectivity index (χ3n) is 2.81. The topological polar surface area (TPSA) is 126 Å². The second-order valence-electron chi connectivity index (χ2n) is 4.23. The van der Waals surface area contributed by atoms with Gasteiger partial charge in [0.05, 0.1) is 13.2 Å². The van der Waals surface area contributed by atoms with Crippen LogP contribution in [0, 0.1) is 0 Å². The number of carbonyl (C=O) groups is 1. The van der Waals surface area contributed by atoms with Gasteiger partial charge in [-0.05, 0) is 13.8 Å². The van der Waals surface area contributed by atoms with Gasteiger partial charge in [0.25, 0.3) is 0 Å². The van der Waals surface area contributed by atoms with Crippen LogP contribution in [0.1, 0.15) is 13.8 Å². The molecule has 0 aromatic heterocycles. The highest BCUT2D eigenvalue weighted by Crippen LogP contribution is 2.23. The average molecular weight is 280 g/mol. The molecular formula is C11H20O8. The van der Waals surface area contributed by atoms with E-state index >= 15 is 0 Å². The Balaban J connectivity index is 2.63. The van der Waals surface area contributed by atoms with Gasteiger partial charge in [-0.15, -0.1) is 0 Å². The number of aliphatic hydroxyl groups is 4. The van der Waals surface area contributed by atoms with E-state index in [1.54, 1.807) is 6.92 Å². The fourth-order valence-electron chi connectivity index (χ4n) is 1.70. The van der Waals surface area contributed by atoms with E-state index in [-0.39, 0.29) is 6.61 Å². The SMILES string of the molecule is CCOC(=O)C(C)O[C@H]1OC(CO)[C@@H](O)C(O)C1O. The highest BCUT2D eigenvalue weighted by atomic mass is 16.7. The fourth-order valence-corrected chi connectivity index (χ4v) is 1.70. The molecule has 0 aromatic carbocycles. The maximum atomic E-state index is 11.4. The largest absolute Gasteiger partial charge is 0.464 e. The molecule has 0 amide bonds. The second-order valence-corrected chi connectivity index (χ2v) is 4.23. The normalized spacial score (nSPS) is 36.8. The van der Waals surface area contributed by atoms with Crippen molar-refractivity contribution in [1.29, 1.82) is 0 Å². The van der Waals surface area contributed by atoms with Gasteiger partial charge in [-0.1, -0.05) is 0 Å². The summed E-state index contributed by atoms with van der Waals surface area (Å²) in [5.41, 5.74) is 0. The van der Waals surface area contributed by atoms with Crippen molar-refractivity contribution in [2.45, 2.75) is 50.7 Å². The zero-order valence-corrected chi connectivity index (χ0v) is 10.8. The van der Waals surface area contributed by atoms with E-state index in [1.807, 2.05) is 0 Å². The van der Waals surface area contributed by atoms with Gasteiger partial charge in [-0.2, -0.15) is 0 Å².